The zero-order chi connectivity index (χ0) is 15.9. The lowest BCUT2D eigenvalue weighted by Crippen LogP contribution is -2.18. The summed E-state index contributed by atoms with van der Waals surface area (Å²) in [5.41, 5.74) is 4.59. The Balaban J connectivity index is 1.96. The molecular formula is C16H15N3O3. The van der Waals surface area contributed by atoms with Gasteiger partial charge in [-0.05, 0) is 35.7 Å². The maximum atomic E-state index is 11.8. The van der Waals surface area contributed by atoms with Crippen molar-refractivity contribution in [1.82, 2.24) is 10.4 Å². The average Bonchev–Trinajstić information content (AvgIpc) is 2.55. The van der Waals surface area contributed by atoms with E-state index in [1.54, 1.807) is 24.4 Å². The molecule has 0 aliphatic carbocycles. The van der Waals surface area contributed by atoms with Gasteiger partial charge < -0.3 is 5.11 Å². The molecule has 2 N–H and O–H groups in total. The predicted molar refractivity (Wildman–Crippen MR) is 82.1 cm³/mol. The molecule has 1 aromatic carbocycles. The van der Waals surface area contributed by atoms with E-state index in [2.05, 4.69) is 15.5 Å². The number of nitrogens with zero attached hydrogens (tertiary/aromatic N) is 2. The van der Waals surface area contributed by atoms with Crippen LogP contribution in [-0.4, -0.2) is 28.2 Å². The van der Waals surface area contributed by atoms with Crippen molar-refractivity contribution in [2.45, 2.75) is 13.3 Å². The summed E-state index contributed by atoms with van der Waals surface area (Å²) in [6.45, 7) is 2.01. The third kappa shape index (κ3) is 3.99. The van der Waals surface area contributed by atoms with E-state index >= 15 is 0 Å². The zero-order valence-electron chi connectivity index (χ0n) is 12.0. The normalized spacial score (nSPS) is 10.6. The number of carboxylic acid groups (broad SMARTS) is 1. The molecule has 22 heavy (non-hydrogen) atoms. The van der Waals surface area contributed by atoms with Crippen molar-refractivity contribution >= 4 is 18.1 Å². The number of pyridine rings is 1. The lowest BCUT2D eigenvalue weighted by Gasteiger charge is -2.00. The van der Waals surface area contributed by atoms with Crippen molar-refractivity contribution in [1.29, 1.82) is 0 Å². The molecular weight excluding hydrogens is 282 g/mol. The molecule has 1 amide bonds. The van der Waals surface area contributed by atoms with Crippen LogP contribution in [0.3, 0.4) is 0 Å². The molecule has 6 nitrogen and oxygen atoms in total. The molecule has 0 unspecified atom stereocenters. The first-order chi connectivity index (χ1) is 10.6. The van der Waals surface area contributed by atoms with Gasteiger partial charge in [-0.15, -0.1) is 0 Å². The number of carbonyl (C=O) groups is 2. The molecule has 2 rings (SSSR count). The minimum Gasteiger partial charge on any atom is -0.478 e. The second-order valence-electron chi connectivity index (χ2n) is 4.53. The number of rotatable bonds is 5. The summed E-state index contributed by atoms with van der Waals surface area (Å²) in [7, 11) is 0. The van der Waals surface area contributed by atoms with E-state index in [-0.39, 0.29) is 11.3 Å². The van der Waals surface area contributed by atoms with Gasteiger partial charge in [-0.3, -0.25) is 9.78 Å². The second-order valence-corrected chi connectivity index (χ2v) is 4.53. The van der Waals surface area contributed by atoms with Crippen molar-refractivity contribution < 1.29 is 14.7 Å². The van der Waals surface area contributed by atoms with Crippen LogP contribution in [0, 0.1) is 0 Å². The Hall–Kier alpha value is -3.02. The molecule has 0 saturated heterocycles. The fourth-order valence-corrected chi connectivity index (χ4v) is 1.70. The molecule has 0 aliphatic rings. The molecule has 1 heterocycles. The molecule has 0 saturated carbocycles. The minimum absolute atomic E-state index is 0.196. The fraction of sp³-hybridized carbons (Fsp3) is 0.125. The van der Waals surface area contributed by atoms with Crippen LogP contribution in [0.15, 0.2) is 47.7 Å². The van der Waals surface area contributed by atoms with E-state index < -0.39 is 11.9 Å². The monoisotopic (exact) mass is 297 g/mol. The summed E-state index contributed by atoms with van der Waals surface area (Å²) in [4.78, 5) is 26.6. The van der Waals surface area contributed by atoms with Gasteiger partial charge in [-0.1, -0.05) is 25.1 Å². The number of hydrogen-bond donors (Lipinski definition) is 2. The summed E-state index contributed by atoms with van der Waals surface area (Å²) in [6, 6.07) is 9.63. The summed E-state index contributed by atoms with van der Waals surface area (Å²) in [5, 5.41) is 12.6. The summed E-state index contributed by atoms with van der Waals surface area (Å²) < 4.78 is 0. The maximum Gasteiger partial charge on any atom is 0.335 e. The van der Waals surface area contributed by atoms with Gasteiger partial charge in [-0.25, -0.2) is 10.2 Å². The van der Waals surface area contributed by atoms with Crippen molar-refractivity contribution in [2.24, 2.45) is 5.10 Å². The van der Waals surface area contributed by atoms with Crippen LogP contribution in [0.2, 0.25) is 0 Å². The number of nitrogens with one attached hydrogen (secondary N) is 1. The van der Waals surface area contributed by atoms with Crippen molar-refractivity contribution in [2.75, 3.05) is 0 Å². The number of amides is 1. The van der Waals surface area contributed by atoms with Gasteiger partial charge in [0.05, 0.1) is 11.8 Å². The highest BCUT2D eigenvalue weighted by Gasteiger charge is 2.05. The van der Waals surface area contributed by atoms with Gasteiger partial charge in [0.15, 0.2) is 0 Å². The number of carboxylic acids is 1. The number of aromatic carboxylic acids is 1. The summed E-state index contributed by atoms with van der Waals surface area (Å²) in [5.74, 6) is -1.39. The Morgan fingerprint density at radius 2 is 1.95 bits per heavy atom. The number of hydrazone groups is 1. The Morgan fingerprint density at radius 3 is 2.50 bits per heavy atom. The zero-order valence-corrected chi connectivity index (χ0v) is 12.0. The van der Waals surface area contributed by atoms with E-state index in [9.17, 15) is 9.59 Å². The Kier molecular flexibility index (Phi) is 4.98. The third-order valence-corrected chi connectivity index (χ3v) is 3.00. The SMILES string of the molecule is CCc1ccc(C(=O)N/N=C\c2ccc(C(=O)O)cc2)nc1. The Morgan fingerprint density at radius 1 is 1.23 bits per heavy atom. The first kappa shape index (κ1) is 15.4. The van der Waals surface area contributed by atoms with Crippen molar-refractivity contribution in [3.05, 3.63) is 65.0 Å². The van der Waals surface area contributed by atoms with Crippen LogP contribution in [0.1, 0.15) is 38.9 Å². The molecule has 1 aromatic heterocycles. The van der Waals surface area contributed by atoms with E-state index in [1.807, 2.05) is 13.0 Å². The molecule has 0 bridgehead atoms. The number of carbonyl (C=O) groups excluding carboxylic acids is 1. The molecule has 0 radical (unpaired) electrons. The summed E-state index contributed by atoms with van der Waals surface area (Å²) >= 11 is 0. The predicted octanol–water partition coefficient (Wildman–Crippen LogP) is 2.11. The van der Waals surface area contributed by atoms with Crippen LogP contribution >= 0.6 is 0 Å². The molecule has 2 aromatic rings. The van der Waals surface area contributed by atoms with Gasteiger partial charge in [0.25, 0.3) is 5.91 Å². The molecule has 0 atom stereocenters. The van der Waals surface area contributed by atoms with E-state index in [4.69, 9.17) is 5.11 Å². The quantitative estimate of drug-likeness (QED) is 0.653. The highest BCUT2D eigenvalue weighted by atomic mass is 16.4. The van der Waals surface area contributed by atoms with Gasteiger partial charge in [0, 0.05) is 6.20 Å². The number of aromatic nitrogens is 1. The first-order valence-electron chi connectivity index (χ1n) is 6.72. The van der Waals surface area contributed by atoms with E-state index in [0.29, 0.717) is 5.56 Å². The highest BCUT2D eigenvalue weighted by Crippen LogP contribution is 2.03. The van der Waals surface area contributed by atoms with Crippen molar-refractivity contribution in [3.8, 4) is 0 Å². The van der Waals surface area contributed by atoms with E-state index in [1.165, 1.54) is 18.3 Å². The Bertz CT molecular complexity index is 692. The summed E-state index contributed by atoms with van der Waals surface area (Å²) in [6.07, 6.45) is 3.95. The van der Waals surface area contributed by atoms with Crippen molar-refractivity contribution in [3.63, 3.8) is 0 Å². The van der Waals surface area contributed by atoms with E-state index in [0.717, 1.165) is 12.0 Å². The van der Waals surface area contributed by atoms with Gasteiger partial charge in [0.2, 0.25) is 0 Å². The fourth-order valence-electron chi connectivity index (χ4n) is 1.70. The lowest BCUT2D eigenvalue weighted by atomic mass is 10.1. The smallest absolute Gasteiger partial charge is 0.335 e. The third-order valence-electron chi connectivity index (χ3n) is 3.00. The molecule has 0 fully saturated rings. The molecule has 0 spiro atoms. The standard InChI is InChI=1S/C16H15N3O3/c1-2-11-5-8-14(17-9-11)15(20)19-18-10-12-3-6-13(7-4-12)16(21)22/h3-10H,2H2,1H3,(H,19,20)(H,21,22)/b18-10-. The molecule has 6 heteroatoms. The number of hydrogen-bond acceptors (Lipinski definition) is 4. The average molecular weight is 297 g/mol. The van der Waals surface area contributed by atoms with Crippen LogP contribution in [0.4, 0.5) is 0 Å². The first-order valence-corrected chi connectivity index (χ1v) is 6.72. The topological polar surface area (TPSA) is 91.7 Å². The van der Waals surface area contributed by atoms with Crippen LogP contribution in [0.5, 0.6) is 0 Å². The van der Waals surface area contributed by atoms with Crippen LogP contribution in [0.25, 0.3) is 0 Å². The maximum absolute atomic E-state index is 11.8. The lowest BCUT2D eigenvalue weighted by molar-refractivity contribution is 0.0696. The molecule has 0 aliphatic heterocycles. The highest BCUT2D eigenvalue weighted by molar-refractivity contribution is 5.93. The minimum atomic E-state index is -0.988. The van der Waals surface area contributed by atoms with Crippen LogP contribution in [-0.2, 0) is 6.42 Å². The van der Waals surface area contributed by atoms with Gasteiger partial charge >= 0.3 is 5.97 Å². The van der Waals surface area contributed by atoms with Crippen LogP contribution < -0.4 is 5.43 Å². The Labute approximate surface area is 127 Å². The number of benzene rings is 1. The second kappa shape index (κ2) is 7.12. The van der Waals surface area contributed by atoms with Gasteiger partial charge in [0.1, 0.15) is 5.69 Å². The van der Waals surface area contributed by atoms with Gasteiger partial charge in [-0.2, -0.15) is 5.10 Å². The largest absolute Gasteiger partial charge is 0.478 e. The number of aryl methyl sites for hydroxylation is 1. The molecule has 112 valence electrons.